The van der Waals surface area contributed by atoms with Gasteiger partial charge in [0.15, 0.2) is 0 Å². The Balaban J connectivity index is 1.68. The van der Waals surface area contributed by atoms with E-state index in [0.29, 0.717) is 13.1 Å². The van der Waals surface area contributed by atoms with E-state index in [9.17, 15) is 14.0 Å². The Kier molecular flexibility index (Phi) is 3.50. The van der Waals surface area contributed by atoms with Crippen molar-refractivity contribution in [2.75, 3.05) is 18.4 Å². The summed E-state index contributed by atoms with van der Waals surface area (Å²) >= 11 is 0. The number of rotatable bonds is 2. The molecule has 1 aromatic rings. The third-order valence-corrected chi connectivity index (χ3v) is 3.79. The van der Waals surface area contributed by atoms with Gasteiger partial charge in [0.1, 0.15) is 5.82 Å². The zero-order valence-corrected chi connectivity index (χ0v) is 11.2. The van der Waals surface area contributed by atoms with Gasteiger partial charge in [-0.3, -0.25) is 0 Å². The molecular weight excluding hydrogens is 279 g/mol. The fourth-order valence-corrected chi connectivity index (χ4v) is 2.72. The molecule has 0 spiro atoms. The van der Waals surface area contributed by atoms with Gasteiger partial charge in [-0.05, 0) is 31.0 Å². The van der Waals surface area contributed by atoms with Crippen molar-refractivity contribution in [3.8, 4) is 0 Å². The highest BCUT2D eigenvalue weighted by Crippen LogP contribution is 2.27. The number of ether oxygens (including phenoxy) is 1. The topological polar surface area (TPSA) is 78.9 Å². The molecule has 3 rings (SSSR count). The molecule has 2 fully saturated rings. The van der Waals surface area contributed by atoms with E-state index >= 15 is 0 Å². The van der Waals surface area contributed by atoms with Crippen LogP contribution in [0.15, 0.2) is 18.2 Å². The molecule has 21 heavy (non-hydrogen) atoms. The molecule has 2 unspecified atom stereocenters. The third-order valence-electron chi connectivity index (χ3n) is 3.79. The number of nitrogens with zero attached hydrogens (tertiary/aromatic N) is 1. The molecule has 2 atom stereocenters. The number of carboxylic acids is 1. The van der Waals surface area contributed by atoms with Crippen LogP contribution in [0.4, 0.5) is 14.9 Å². The Bertz CT molecular complexity index is 580. The second-order valence-corrected chi connectivity index (χ2v) is 5.29. The highest BCUT2D eigenvalue weighted by molar-refractivity contribution is 5.91. The summed E-state index contributed by atoms with van der Waals surface area (Å²) in [6.45, 7) is 0.994. The van der Waals surface area contributed by atoms with Crippen LogP contribution in [0.3, 0.4) is 0 Å². The molecule has 0 radical (unpaired) electrons. The zero-order valence-electron chi connectivity index (χ0n) is 11.2. The first-order valence-electron chi connectivity index (χ1n) is 6.77. The van der Waals surface area contributed by atoms with Gasteiger partial charge < -0.3 is 20.1 Å². The first-order valence-corrected chi connectivity index (χ1v) is 6.77. The molecule has 1 aromatic carbocycles. The largest absolute Gasteiger partial charge is 0.478 e. The average Bonchev–Trinajstić information content (AvgIpc) is 2.79. The van der Waals surface area contributed by atoms with Crippen molar-refractivity contribution in [3.63, 3.8) is 0 Å². The number of hydrogen-bond donors (Lipinski definition) is 2. The lowest BCUT2D eigenvalue weighted by Crippen LogP contribution is -2.47. The lowest BCUT2D eigenvalue weighted by Gasteiger charge is -2.32. The number of carbonyl (C=O) groups is 2. The summed E-state index contributed by atoms with van der Waals surface area (Å²) in [5, 5.41) is 11.3. The van der Waals surface area contributed by atoms with Crippen molar-refractivity contribution < 1.29 is 23.8 Å². The van der Waals surface area contributed by atoms with E-state index in [2.05, 4.69) is 5.32 Å². The van der Waals surface area contributed by atoms with Gasteiger partial charge in [-0.15, -0.1) is 0 Å². The standard InChI is InChI=1S/C14H15FN2O4/c15-11-5-8(13(18)19)1-4-12(11)16-14(20)17-6-9-2-3-10(7-17)21-9/h1,4-5,9-10H,2-3,6-7H2,(H,16,20)(H,18,19). The number of carbonyl (C=O) groups excluding carboxylic acids is 1. The summed E-state index contributed by atoms with van der Waals surface area (Å²) in [5.74, 6) is -1.98. The van der Waals surface area contributed by atoms with Crippen LogP contribution in [0.5, 0.6) is 0 Å². The van der Waals surface area contributed by atoms with E-state index in [1.54, 1.807) is 4.90 Å². The fourth-order valence-electron chi connectivity index (χ4n) is 2.72. The number of aromatic carboxylic acids is 1. The van der Waals surface area contributed by atoms with Crippen LogP contribution >= 0.6 is 0 Å². The molecule has 7 heteroatoms. The molecule has 2 aliphatic heterocycles. The van der Waals surface area contributed by atoms with Gasteiger partial charge in [-0.1, -0.05) is 0 Å². The van der Waals surface area contributed by atoms with Crippen molar-refractivity contribution in [1.82, 2.24) is 4.90 Å². The van der Waals surface area contributed by atoms with Crippen LogP contribution < -0.4 is 5.32 Å². The highest BCUT2D eigenvalue weighted by atomic mass is 19.1. The van der Waals surface area contributed by atoms with Crippen LogP contribution in [0.25, 0.3) is 0 Å². The molecule has 2 heterocycles. The fraction of sp³-hybridized carbons (Fsp3) is 0.429. The number of likely N-dealkylation sites (tertiary alicyclic amines) is 1. The number of anilines is 1. The van der Waals surface area contributed by atoms with Gasteiger partial charge in [0.05, 0.1) is 23.5 Å². The number of benzene rings is 1. The summed E-state index contributed by atoms with van der Waals surface area (Å²) in [4.78, 5) is 24.5. The molecule has 112 valence electrons. The molecule has 0 saturated carbocycles. The maximum Gasteiger partial charge on any atom is 0.335 e. The Morgan fingerprint density at radius 2 is 1.95 bits per heavy atom. The monoisotopic (exact) mass is 294 g/mol. The molecule has 2 aliphatic rings. The van der Waals surface area contributed by atoms with E-state index in [4.69, 9.17) is 9.84 Å². The summed E-state index contributed by atoms with van der Waals surface area (Å²) in [7, 11) is 0. The van der Waals surface area contributed by atoms with Crippen LogP contribution in [-0.4, -0.2) is 47.3 Å². The van der Waals surface area contributed by atoms with Gasteiger partial charge in [0.25, 0.3) is 0 Å². The minimum Gasteiger partial charge on any atom is -0.478 e. The predicted molar refractivity (Wildman–Crippen MR) is 71.8 cm³/mol. The first-order chi connectivity index (χ1) is 10.0. The van der Waals surface area contributed by atoms with Crippen LogP contribution in [0.2, 0.25) is 0 Å². The molecule has 2 saturated heterocycles. The van der Waals surface area contributed by atoms with E-state index in [0.717, 1.165) is 18.9 Å². The molecule has 6 nitrogen and oxygen atoms in total. The molecule has 2 amide bonds. The van der Waals surface area contributed by atoms with Crippen molar-refractivity contribution in [2.45, 2.75) is 25.0 Å². The number of urea groups is 1. The first kappa shape index (κ1) is 13.8. The SMILES string of the molecule is O=C(O)c1ccc(NC(=O)N2CC3CCC(C2)O3)c(F)c1. The third kappa shape index (κ3) is 2.82. The summed E-state index contributed by atoms with van der Waals surface area (Å²) in [6, 6.07) is 3.01. The minimum absolute atomic E-state index is 0.0242. The molecule has 2 bridgehead atoms. The van der Waals surface area contributed by atoms with Crippen LogP contribution in [0, 0.1) is 5.82 Å². The van der Waals surface area contributed by atoms with E-state index in [-0.39, 0.29) is 23.5 Å². The van der Waals surface area contributed by atoms with Crippen molar-refractivity contribution in [1.29, 1.82) is 0 Å². The smallest absolute Gasteiger partial charge is 0.335 e. The summed E-state index contributed by atoms with van der Waals surface area (Å²) in [6.07, 6.45) is 2.01. The Morgan fingerprint density at radius 1 is 1.29 bits per heavy atom. The molecule has 0 aliphatic carbocycles. The van der Waals surface area contributed by atoms with E-state index in [1.165, 1.54) is 12.1 Å². The highest BCUT2D eigenvalue weighted by Gasteiger charge is 2.35. The number of amides is 2. The summed E-state index contributed by atoms with van der Waals surface area (Å²) in [5.41, 5.74) is -0.182. The molecule has 2 N–H and O–H groups in total. The molecular formula is C14H15FN2O4. The average molecular weight is 294 g/mol. The maximum atomic E-state index is 13.8. The normalized spacial score (nSPS) is 24.0. The van der Waals surface area contributed by atoms with Gasteiger partial charge >= 0.3 is 12.0 Å². The number of nitrogens with one attached hydrogen (secondary N) is 1. The maximum absolute atomic E-state index is 13.8. The Morgan fingerprint density at radius 3 is 2.52 bits per heavy atom. The quantitative estimate of drug-likeness (QED) is 0.873. The zero-order chi connectivity index (χ0) is 15.0. The number of hydrogen-bond acceptors (Lipinski definition) is 3. The van der Waals surface area contributed by atoms with Gasteiger partial charge in [0, 0.05) is 13.1 Å². The number of morpholine rings is 1. The minimum atomic E-state index is -1.21. The van der Waals surface area contributed by atoms with E-state index < -0.39 is 17.8 Å². The van der Waals surface area contributed by atoms with Gasteiger partial charge in [0.2, 0.25) is 0 Å². The number of halogens is 1. The van der Waals surface area contributed by atoms with Crippen LogP contribution in [-0.2, 0) is 4.74 Å². The van der Waals surface area contributed by atoms with Crippen LogP contribution in [0.1, 0.15) is 23.2 Å². The van der Waals surface area contributed by atoms with Gasteiger partial charge in [-0.25, -0.2) is 14.0 Å². The predicted octanol–water partition coefficient (Wildman–Crippen LogP) is 1.92. The van der Waals surface area contributed by atoms with Crippen molar-refractivity contribution in [3.05, 3.63) is 29.6 Å². The Hall–Kier alpha value is -2.15. The van der Waals surface area contributed by atoms with Crippen molar-refractivity contribution in [2.24, 2.45) is 0 Å². The lowest BCUT2D eigenvalue weighted by molar-refractivity contribution is -0.0219. The second kappa shape index (κ2) is 5.33. The van der Waals surface area contributed by atoms with Crippen molar-refractivity contribution >= 4 is 17.7 Å². The lowest BCUT2D eigenvalue weighted by atomic mass is 10.2. The number of fused-ring (bicyclic) bond motifs is 2. The molecule has 0 aromatic heterocycles. The van der Waals surface area contributed by atoms with Gasteiger partial charge in [-0.2, -0.15) is 0 Å². The second-order valence-electron chi connectivity index (χ2n) is 5.29. The van der Waals surface area contributed by atoms with E-state index in [1.807, 2.05) is 0 Å². The number of carboxylic acid groups (broad SMARTS) is 1. The summed E-state index contributed by atoms with van der Waals surface area (Å²) < 4.78 is 19.4. The Labute approximate surface area is 120 Å².